The van der Waals surface area contributed by atoms with Gasteiger partial charge in [0.15, 0.2) is 5.82 Å². The first-order valence-corrected chi connectivity index (χ1v) is 21.1. The van der Waals surface area contributed by atoms with Gasteiger partial charge in [0.05, 0.1) is 11.4 Å². The van der Waals surface area contributed by atoms with Gasteiger partial charge >= 0.3 is 0 Å². The summed E-state index contributed by atoms with van der Waals surface area (Å²) in [5.41, 5.74) is 19.7. The Hall–Kier alpha value is -7.68. The molecule has 9 aromatic carbocycles. The maximum absolute atomic E-state index is 5.31. The van der Waals surface area contributed by atoms with Crippen molar-refractivity contribution < 1.29 is 0 Å². The van der Waals surface area contributed by atoms with Crippen molar-refractivity contribution in [2.45, 2.75) is 19.3 Å². The molecule has 0 bridgehead atoms. The average molecular weight is 779 g/mol. The summed E-state index contributed by atoms with van der Waals surface area (Å²) in [6, 6.07) is 78.6. The minimum absolute atomic E-state index is 0.0846. The van der Waals surface area contributed by atoms with Crippen molar-refractivity contribution in [3.05, 3.63) is 230 Å². The quantitative estimate of drug-likeness (QED) is 0.161. The normalized spacial score (nSPS) is 12.6. The van der Waals surface area contributed by atoms with E-state index in [0.29, 0.717) is 5.82 Å². The standard InChI is InChI=1S/C59H42N2/c1-59(2)54-29-17-16-27-50(54)51-31-30-42(37-55(51)59)44-34-43(39-18-6-3-7-19-39)35-45(36-44)47-32-33-53(49-26-14-13-25-48(47)49)57-38-56(60-58(61-57)41-22-10-5-11-23-41)52-28-15-12-24-46(52)40-20-8-4-9-21-40/h3-38H,1-2H3. The lowest BCUT2D eigenvalue weighted by Gasteiger charge is -2.22. The van der Waals surface area contributed by atoms with Crippen LogP contribution in [-0.2, 0) is 5.41 Å². The Morgan fingerprint density at radius 2 is 0.754 bits per heavy atom. The molecule has 0 fully saturated rings. The van der Waals surface area contributed by atoms with Gasteiger partial charge in [-0.2, -0.15) is 0 Å². The summed E-state index contributed by atoms with van der Waals surface area (Å²) in [4.78, 5) is 10.5. The summed E-state index contributed by atoms with van der Waals surface area (Å²) < 4.78 is 0. The SMILES string of the molecule is CC1(C)c2ccccc2-c2ccc(-c3cc(-c4ccccc4)cc(-c4ccc(-c5cc(-c6ccccc6-c6ccccc6)nc(-c6ccccc6)n5)c5ccccc45)c3)cc21. The van der Waals surface area contributed by atoms with Crippen LogP contribution in [0.1, 0.15) is 25.0 Å². The second-order valence-electron chi connectivity index (χ2n) is 16.5. The largest absolute Gasteiger partial charge is 0.228 e. The second-order valence-corrected chi connectivity index (χ2v) is 16.5. The van der Waals surface area contributed by atoms with Gasteiger partial charge in [-0.3, -0.25) is 0 Å². The van der Waals surface area contributed by atoms with Gasteiger partial charge in [0.1, 0.15) is 0 Å². The van der Waals surface area contributed by atoms with E-state index in [0.717, 1.165) is 44.6 Å². The molecule has 288 valence electrons. The van der Waals surface area contributed by atoms with E-state index < -0.39 is 0 Å². The van der Waals surface area contributed by atoms with E-state index in [1.807, 2.05) is 18.2 Å². The molecule has 2 heteroatoms. The maximum atomic E-state index is 5.31. The molecule has 61 heavy (non-hydrogen) atoms. The third-order valence-electron chi connectivity index (χ3n) is 12.5. The van der Waals surface area contributed by atoms with Crippen molar-refractivity contribution in [2.24, 2.45) is 0 Å². The molecule has 0 atom stereocenters. The first kappa shape index (κ1) is 36.4. The highest BCUT2D eigenvalue weighted by Crippen LogP contribution is 2.50. The number of fused-ring (bicyclic) bond motifs is 4. The Kier molecular flexibility index (Phi) is 8.86. The highest BCUT2D eigenvalue weighted by atomic mass is 14.9. The van der Waals surface area contributed by atoms with E-state index in [4.69, 9.17) is 9.97 Å². The fourth-order valence-electron chi connectivity index (χ4n) is 9.42. The summed E-state index contributed by atoms with van der Waals surface area (Å²) in [5, 5.41) is 2.32. The molecule has 0 unspecified atom stereocenters. The van der Waals surface area contributed by atoms with Crippen LogP contribution in [0, 0.1) is 0 Å². The van der Waals surface area contributed by atoms with E-state index in [9.17, 15) is 0 Å². The number of nitrogens with zero attached hydrogens (tertiary/aromatic N) is 2. The van der Waals surface area contributed by atoms with Crippen LogP contribution in [-0.4, -0.2) is 9.97 Å². The number of benzene rings is 9. The van der Waals surface area contributed by atoms with Gasteiger partial charge in [-0.15, -0.1) is 0 Å². The average Bonchev–Trinajstić information content (AvgIpc) is 3.56. The minimum atomic E-state index is -0.0846. The molecule has 11 rings (SSSR count). The summed E-state index contributed by atoms with van der Waals surface area (Å²) in [6.07, 6.45) is 0. The summed E-state index contributed by atoms with van der Waals surface area (Å²) in [6.45, 7) is 4.71. The molecule has 0 N–H and O–H groups in total. The zero-order valence-electron chi connectivity index (χ0n) is 34.2. The lowest BCUT2D eigenvalue weighted by atomic mass is 9.81. The summed E-state index contributed by atoms with van der Waals surface area (Å²) in [7, 11) is 0. The van der Waals surface area contributed by atoms with Gasteiger partial charge in [0.25, 0.3) is 0 Å². The van der Waals surface area contributed by atoms with Crippen molar-refractivity contribution in [1.82, 2.24) is 9.97 Å². The van der Waals surface area contributed by atoms with Crippen LogP contribution in [0.25, 0.3) is 100 Å². The minimum Gasteiger partial charge on any atom is -0.228 e. The van der Waals surface area contributed by atoms with Crippen molar-refractivity contribution >= 4 is 10.8 Å². The van der Waals surface area contributed by atoms with E-state index in [1.54, 1.807) is 0 Å². The molecule has 10 aromatic rings. The molecule has 1 heterocycles. The van der Waals surface area contributed by atoms with Crippen molar-refractivity contribution in [3.8, 4) is 89.5 Å². The highest BCUT2D eigenvalue weighted by Gasteiger charge is 2.35. The van der Waals surface area contributed by atoms with Crippen LogP contribution in [0.15, 0.2) is 218 Å². The Bertz CT molecular complexity index is 3260. The molecule has 1 aromatic heterocycles. The van der Waals surface area contributed by atoms with Crippen molar-refractivity contribution in [2.75, 3.05) is 0 Å². The van der Waals surface area contributed by atoms with Gasteiger partial charge in [-0.1, -0.05) is 202 Å². The molecule has 0 spiro atoms. The Morgan fingerprint density at radius 3 is 1.46 bits per heavy atom. The van der Waals surface area contributed by atoms with Crippen LogP contribution in [0.4, 0.5) is 0 Å². The fraction of sp³-hybridized carbons (Fsp3) is 0.0508. The Labute approximate surface area is 357 Å². The molecule has 0 amide bonds. The number of hydrogen-bond acceptors (Lipinski definition) is 2. The van der Waals surface area contributed by atoms with Gasteiger partial charge in [-0.25, -0.2) is 9.97 Å². The van der Waals surface area contributed by atoms with Gasteiger partial charge < -0.3 is 0 Å². The predicted octanol–water partition coefficient (Wildman–Crippen LogP) is 15.6. The fourth-order valence-corrected chi connectivity index (χ4v) is 9.42. The molecule has 0 saturated heterocycles. The zero-order valence-corrected chi connectivity index (χ0v) is 34.2. The van der Waals surface area contributed by atoms with E-state index >= 15 is 0 Å². The second kappa shape index (κ2) is 14.9. The topological polar surface area (TPSA) is 25.8 Å². The van der Waals surface area contributed by atoms with Crippen LogP contribution >= 0.6 is 0 Å². The Morgan fingerprint density at radius 1 is 0.279 bits per heavy atom. The first-order valence-electron chi connectivity index (χ1n) is 21.1. The van der Waals surface area contributed by atoms with Gasteiger partial charge in [-0.05, 0) is 108 Å². The first-order chi connectivity index (χ1) is 30.0. The number of aromatic nitrogens is 2. The van der Waals surface area contributed by atoms with Crippen molar-refractivity contribution in [1.29, 1.82) is 0 Å². The molecule has 0 radical (unpaired) electrons. The molecular formula is C59H42N2. The monoisotopic (exact) mass is 778 g/mol. The lowest BCUT2D eigenvalue weighted by Crippen LogP contribution is -2.14. The Balaban J connectivity index is 1.09. The van der Waals surface area contributed by atoms with Crippen LogP contribution < -0.4 is 0 Å². The van der Waals surface area contributed by atoms with E-state index in [-0.39, 0.29) is 5.41 Å². The van der Waals surface area contributed by atoms with Crippen LogP contribution in [0.3, 0.4) is 0 Å². The van der Waals surface area contributed by atoms with E-state index in [2.05, 4.69) is 214 Å². The van der Waals surface area contributed by atoms with Crippen LogP contribution in [0.2, 0.25) is 0 Å². The molecule has 1 aliphatic carbocycles. The molecule has 0 aliphatic heterocycles. The zero-order chi connectivity index (χ0) is 40.9. The van der Waals surface area contributed by atoms with Gasteiger partial charge in [0.2, 0.25) is 0 Å². The third kappa shape index (κ3) is 6.45. The van der Waals surface area contributed by atoms with Gasteiger partial charge in [0, 0.05) is 22.1 Å². The third-order valence-corrected chi connectivity index (χ3v) is 12.5. The van der Waals surface area contributed by atoms with Crippen molar-refractivity contribution in [3.63, 3.8) is 0 Å². The summed E-state index contributed by atoms with van der Waals surface area (Å²) >= 11 is 0. The lowest BCUT2D eigenvalue weighted by molar-refractivity contribution is 0.660. The number of hydrogen-bond donors (Lipinski definition) is 0. The maximum Gasteiger partial charge on any atom is 0.160 e. The molecule has 0 saturated carbocycles. The molecule has 2 nitrogen and oxygen atoms in total. The predicted molar refractivity (Wildman–Crippen MR) is 255 cm³/mol. The number of rotatable bonds is 7. The highest BCUT2D eigenvalue weighted by molar-refractivity contribution is 6.05. The van der Waals surface area contributed by atoms with Crippen LogP contribution in [0.5, 0.6) is 0 Å². The summed E-state index contributed by atoms with van der Waals surface area (Å²) in [5.74, 6) is 0.699. The molecule has 1 aliphatic rings. The van der Waals surface area contributed by atoms with E-state index in [1.165, 1.54) is 61.0 Å². The molecular weight excluding hydrogens is 737 g/mol. The smallest absolute Gasteiger partial charge is 0.160 e.